The van der Waals surface area contributed by atoms with Crippen molar-refractivity contribution < 1.29 is 14.6 Å². The van der Waals surface area contributed by atoms with Gasteiger partial charge in [-0.1, -0.05) is 19.3 Å². The molecular formula is C17H29NO3. The van der Waals surface area contributed by atoms with Crippen LogP contribution in [-0.2, 0) is 9.53 Å². The van der Waals surface area contributed by atoms with E-state index in [9.17, 15) is 9.90 Å². The van der Waals surface area contributed by atoms with Crippen LogP contribution in [0.4, 0.5) is 0 Å². The number of rotatable bonds is 3. The number of aliphatic carboxylic acids is 1. The third-order valence-electron chi connectivity index (χ3n) is 6.26. The molecule has 1 N–H and O–H groups in total. The van der Waals surface area contributed by atoms with Gasteiger partial charge in [-0.15, -0.1) is 0 Å². The fourth-order valence-electron chi connectivity index (χ4n) is 4.62. The molecule has 0 atom stereocenters. The van der Waals surface area contributed by atoms with E-state index in [1.807, 2.05) is 0 Å². The van der Waals surface area contributed by atoms with Crippen molar-refractivity contribution in [3.05, 3.63) is 0 Å². The van der Waals surface area contributed by atoms with Gasteiger partial charge in [-0.2, -0.15) is 0 Å². The van der Waals surface area contributed by atoms with Gasteiger partial charge in [0.1, 0.15) is 0 Å². The second kappa shape index (κ2) is 6.25. The molecule has 0 aromatic carbocycles. The van der Waals surface area contributed by atoms with E-state index in [1.165, 1.54) is 44.9 Å². The molecule has 2 saturated heterocycles. The third-order valence-corrected chi connectivity index (χ3v) is 6.26. The minimum Gasteiger partial charge on any atom is -0.481 e. The summed E-state index contributed by atoms with van der Waals surface area (Å²) in [5, 5.41) is 9.68. The molecule has 120 valence electrons. The zero-order chi connectivity index (χ0) is 14.8. The molecule has 0 amide bonds. The number of likely N-dealkylation sites (tertiary alicyclic amines) is 1. The second-order valence-corrected chi connectivity index (χ2v) is 7.53. The number of ether oxygens (including phenoxy) is 1. The molecule has 1 aliphatic carbocycles. The molecule has 3 fully saturated rings. The van der Waals surface area contributed by atoms with E-state index in [0.29, 0.717) is 31.5 Å². The normalized spacial score (nSPS) is 29.3. The molecule has 0 radical (unpaired) electrons. The van der Waals surface area contributed by atoms with E-state index < -0.39 is 11.4 Å². The van der Waals surface area contributed by atoms with Crippen LogP contribution in [0.1, 0.15) is 57.8 Å². The van der Waals surface area contributed by atoms with E-state index in [2.05, 4.69) is 4.90 Å². The van der Waals surface area contributed by atoms with Crippen LogP contribution in [0.25, 0.3) is 0 Å². The summed E-state index contributed by atoms with van der Waals surface area (Å²) in [5.74, 6) is -0.622. The number of carboxylic acid groups (broad SMARTS) is 1. The molecule has 2 aliphatic heterocycles. The van der Waals surface area contributed by atoms with Crippen LogP contribution in [0.2, 0.25) is 0 Å². The topological polar surface area (TPSA) is 49.8 Å². The summed E-state index contributed by atoms with van der Waals surface area (Å²) < 4.78 is 5.37. The van der Waals surface area contributed by atoms with Crippen LogP contribution in [0, 0.1) is 10.8 Å². The van der Waals surface area contributed by atoms with Crippen LogP contribution in [0.5, 0.6) is 0 Å². The van der Waals surface area contributed by atoms with Crippen molar-refractivity contribution in [2.75, 3.05) is 32.8 Å². The SMILES string of the molecule is O=C(O)C1(CN2CCC3(CCCCC3)CC2)CCOCC1. The van der Waals surface area contributed by atoms with Crippen molar-refractivity contribution in [1.82, 2.24) is 4.90 Å². The van der Waals surface area contributed by atoms with Crippen LogP contribution >= 0.6 is 0 Å². The fourth-order valence-corrected chi connectivity index (χ4v) is 4.62. The van der Waals surface area contributed by atoms with Crippen LogP contribution < -0.4 is 0 Å². The van der Waals surface area contributed by atoms with Crippen molar-refractivity contribution in [3.8, 4) is 0 Å². The van der Waals surface area contributed by atoms with E-state index in [-0.39, 0.29) is 0 Å². The number of carbonyl (C=O) groups is 1. The van der Waals surface area contributed by atoms with Gasteiger partial charge in [-0.25, -0.2) is 0 Å². The van der Waals surface area contributed by atoms with Gasteiger partial charge in [0.15, 0.2) is 0 Å². The Hall–Kier alpha value is -0.610. The van der Waals surface area contributed by atoms with Gasteiger partial charge < -0.3 is 14.7 Å². The highest BCUT2D eigenvalue weighted by Crippen LogP contribution is 2.45. The van der Waals surface area contributed by atoms with Gasteiger partial charge in [-0.3, -0.25) is 4.79 Å². The fraction of sp³-hybridized carbons (Fsp3) is 0.941. The Morgan fingerprint density at radius 1 is 0.952 bits per heavy atom. The first-order valence-corrected chi connectivity index (χ1v) is 8.68. The summed E-state index contributed by atoms with van der Waals surface area (Å²) in [6.45, 7) is 4.11. The first kappa shape index (κ1) is 15.3. The lowest BCUT2D eigenvalue weighted by Gasteiger charge is -2.46. The van der Waals surface area contributed by atoms with Crippen LogP contribution in [-0.4, -0.2) is 48.8 Å². The average Bonchev–Trinajstić information content (AvgIpc) is 2.52. The van der Waals surface area contributed by atoms with Crippen molar-refractivity contribution in [2.45, 2.75) is 57.8 Å². The van der Waals surface area contributed by atoms with Gasteiger partial charge >= 0.3 is 5.97 Å². The minimum absolute atomic E-state index is 0.560. The summed E-state index contributed by atoms with van der Waals surface area (Å²) in [4.78, 5) is 14.2. The molecule has 0 aromatic rings. The number of hydrogen-bond acceptors (Lipinski definition) is 3. The van der Waals surface area contributed by atoms with Crippen molar-refractivity contribution in [1.29, 1.82) is 0 Å². The Morgan fingerprint density at radius 2 is 1.57 bits per heavy atom. The van der Waals surface area contributed by atoms with Gasteiger partial charge in [0.05, 0.1) is 5.41 Å². The van der Waals surface area contributed by atoms with Crippen molar-refractivity contribution in [3.63, 3.8) is 0 Å². The second-order valence-electron chi connectivity index (χ2n) is 7.53. The lowest BCUT2D eigenvalue weighted by atomic mass is 9.68. The monoisotopic (exact) mass is 295 g/mol. The molecule has 21 heavy (non-hydrogen) atoms. The molecule has 3 aliphatic rings. The minimum atomic E-state index is -0.622. The third kappa shape index (κ3) is 3.26. The molecular weight excluding hydrogens is 266 g/mol. The van der Waals surface area contributed by atoms with Crippen LogP contribution in [0.3, 0.4) is 0 Å². The predicted molar refractivity (Wildman–Crippen MR) is 81.3 cm³/mol. The maximum absolute atomic E-state index is 11.8. The highest BCUT2D eigenvalue weighted by molar-refractivity contribution is 5.75. The maximum Gasteiger partial charge on any atom is 0.311 e. The molecule has 4 nitrogen and oxygen atoms in total. The summed E-state index contributed by atoms with van der Waals surface area (Å²) in [6, 6.07) is 0. The summed E-state index contributed by atoms with van der Waals surface area (Å²) in [5.41, 5.74) is 0.0378. The lowest BCUT2D eigenvalue weighted by Crippen LogP contribution is -2.50. The van der Waals surface area contributed by atoms with Gasteiger partial charge in [0.25, 0.3) is 0 Å². The lowest BCUT2D eigenvalue weighted by molar-refractivity contribution is -0.157. The quantitative estimate of drug-likeness (QED) is 0.870. The zero-order valence-electron chi connectivity index (χ0n) is 13.1. The number of piperidine rings is 1. The smallest absolute Gasteiger partial charge is 0.311 e. The van der Waals surface area contributed by atoms with Gasteiger partial charge in [0.2, 0.25) is 0 Å². The van der Waals surface area contributed by atoms with Crippen molar-refractivity contribution in [2.24, 2.45) is 10.8 Å². The molecule has 4 heteroatoms. The van der Waals surface area contributed by atoms with Crippen molar-refractivity contribution >= 4 is 5.97 Å². The standard InChI is InChI=1S/C17H29NO3/c19-15(20)17(8-12-21-13-9-17)14-18-10-6-16(7-11-18)4-2-1-3-5-16/h1-14H2,(H,19,20). The number of nitrogens with zero attached hydrogens (tertiary/aromatic N) is 1. The molecule has 0 unspecified atom stereocenters. The molecule has 1 spiro atoms. The molecule has 0 bridgehead atoms. The maximum atomic E-state index is 11.8. The largest absolute Gasteiger partial charge is 0.481 e. The first-order valence-electron chi connectivity index (χ1n) is 8.68. The predicted octanol–water partition coefficient (Wildman–Crippen LogP) is 2.91. The summed E-state index contributed by atoms with van der Waals surface area (Å²) in [7, 11) is 0. The Balaban J connectivity index is 1.57. The number of carboxylic acids is 1. The number of hydrogen-bond donors (Lipinski definition) is 1. The Kier molecular flexibility index (Phi) is 4.55. The van der Waals surface area contributed by atoms with E-state index in [1.54, 1.807) is 0 Å². The molecule has 0 aromatic heterocycles. The van der Waals surface area contributed by atoms with E-state index >= 15 is 0 Å². The molecule has 3 rings (SSSR count). The molecule has 1 saturated carbocycles. The molecule has 2 heterocycles. The highest BCUT2D eigenvalue weighted by Gasteiger charge is 2.43. The first-order chi connectivity index (χ1) is 10.1. The highest BCUT2D eigenvalue weighted by atomic mass is 16.5. The van der Waals surface area contributed by atoms with Gasteiger partial charge in [0, 0.05) is 19.8 Å². The zero-order valence-corrected chi connectivity index (χ0v) is 13.1. The Bertz CT molecular complexity index is 360. The van der Waals surface area contributed by atoms with E-state index in [4.69, 9.17) is 4.74 Å². The van der Waals surface area contributed by atoms with Gasteiger partial charge in [-0.05, 0) is 57.0 Å². The van der Waals surface area contributed by atoms with E-state index in [0.717, 1.165) is 19.6 Å². The summed E-state index contributed by atoms with van der Waals surface area (Å²) in [6.07, 6.45) is 10.9. The summed E-state index contributed by atoms with van der Waals surface area (Å²) >= 11 is 0. The van der Waals surface area contributed by atoms with Crippen LogP contribution in [0.15, 0.2) is 0 Å². The Labute approximate surface area is 127 Å². The average molecular weight is 295 g/mol. The Morgan fingerprint density at radius 3 is 2.14 bits per heavy atom.